The zero-order valence-corrected chi connectivity index (χ0v) is 10.4. The molecule has 1 aromatic carbocycles. The molecule has 6 nitrogen and oxygen atoms in total. The Balaban J connectivity index is 2.54. The Morgan fingerprint density at radius 1 is 1.56 bits per heavy atom. The van der Waals surface area contributed by atoms with E-state index in [1.165, 1.54) is 12.1 Å². The van der Waals surface area contributed by atoms with E-state index in [4.69, 9.17) is 5.73 Å². The smallest absolute Gasteiger partial charge is 0.269 e. The number of nitrogens with zero attached hydrogens (tertiary/aromatic N) is 2. The molecule has 0 bridgehead atoms. The molecule has 6 heteroatoms. The molecule has 0 aliphatic rings. The maximum Gasteiger partial charge on any atom is 0.269 e. The number of rotatable bonds is 6. The fourth-order valence-corrected chi connectivity index (χ4v) is 1.39. The minimum Gasteiger partial charge on any atom is -0.370 e. The van der Waals surface area contributed by atoms with Crippen molar-refractivity contribution in [2.75, 3.05) is 6.54 Å². The van der Waals surface area contributed by atoms with E-state index in [1.807, 2.05) is 0 Å². The van der Waals surface area contributed by atoms with Crippen molar-refractivity contribution in [2.24, 2.45) is 10.7 Å². The fourth-order valence-electron chi connectivity index (χ4n) is 1.39. The molecular formula is C12H18N4O2. The van der Waals surface area contributed by atoms with E-state index >= 15 is 0 Å². The van der Waals surface area contributed by atoms with E-state index in [2.05, 4.69) is 17.2 Å². The molecular weight excluding hydrogens is 232 g/mol. The van der Waals surface area contributed by atoms with Gasteiger partial charge in [-0.05, 0) is 12.0 Å². The molecule has 18 heavy (non-hydrogen) atoms. The lowest BCUT2D eigenvalue weighted by atomic mass is 10.2. The maximum absolute atomic E-state index is 10.6. The monoisotopic (exact) mass is 250 g/mol. The van der Waals surface area contributed by atoms with Crippen LogP contribution >= 0.6 is 0 Å². The van der Waals surface area contributed by atoms with Crippen LogP contribution in [0.1, 0.15) is 25.3 Å². The standard InChI is InChI=1S/C12H18N4O2/c1-2-3-7-14-12(13)15-9-10-5-4-6-11(8-10)16(17)18/h4-6,8H,2-3,7,9H2,1H3,(H3,13,14,15). The first kappa shape index (κ1) is 14.0. The van der Waals surface area contributed by atoms with Gasteiger partial charge in [-0.3, -0.25) is 10.1 Å². The number of hydrogen-bond donors (Lipinski definition) is 2. The number of benzene rings is 1. The Kier molecular flexibility index (Phi) is 5.63. The van der Waals surface area contributed by atoms with Crippen LogP contribution in [0.15, 0.2) is 29.3 Å². The summed E-state index contributed by atoms with van der Waals surface area (Å²) in [6, 6.07) is 6.39. The molecule has 0 heterocycles. The summed E-state index contributed by atoms with van der Waals surface area (Å²) < 4.78 is 0. The Morgan fingerprint density at radius 2 is 2.33 bits per heavy atom. The summed E-state index contributed by atoms with van der Waals surface area (Å²) in [6.07, 6.45) is 2.12. The van der Waals surface area contributed by atoms with Gasteiger partial charge < -0.3 is 11.1 Å². The van der Waals surface area contributed by atoms with Crippen molar-refractivity contribution in [3.63, 3.8) is 0 Å². The third-order valence-corrected chi connectivity index (χ3v) is 2.39. The van der Waals surface area contributed by atoms with Crippen LogP contribution in [0.3, 0.4) is 0 Å². The molecule has 0 atom stereocenters. The molecule has 0 saturated heterocycles. The second kappa shape index (κ2) is 7.26. The third kappa shape index (κ3) is 4.82. The number of nitrogens with one attached hydrogen (secondary N) is 1. The van der Waals surface area contributed by atoms with Crippen molar-refractivity contribution in [1.82, 2.24) is 5.32 Å². The topological polar surface area (TPSA) is 93.5 Å². The molecule has 1 rings (SSSR count). The summed E-state index contributed by atoms with van der Waals surface area (Å²) in [5.41, 5.74) is 6.50. The molecule has 0 fully saturated rings. The van der Waals surface area contributed by atoms with E-state index in [0.29, 0.717) is 12.5 Å². The van der Waals surface area contributed by atoms with Crippen molar-refractivity contribution >= 4 is 11.6 Å². The van der Waals surface area contributed by atoms with Gasteiger partial charge in [-0.1, -0.05) is 25.5 Å². The van der Waals surface area contributed by atoms with Crippen LogP contribution in [-0.2, 0) is 6.54 Å². The first-order chi connectivity index (χ1) is 8.63. The van der Waals surface area contributed by atoms with Gasteiger partial charge in [0, 0.05) is 18.7 Å². The quantitative estimate of drug-likeness (QED) is 0.265. The number of guanidine groups is 1. The van der Waals surface area contributed by atoms with Gasteiger partial charge in [0.15, 0.2) is 5.96 Å². The summed E-state index contributed by atoms with van der Waals surface area (Å²) in [6.45, 7) is 3.23. The molecule has 3 N–H and O–H groups in total. The van der Waals surface area contributed by atoms with Gasteiger partial charge in [-0.2, -0.15) is 0 Å². The normalized spacial score (nSPS) is 11.3. The molecule has 1 aromatic rings. The van der Waals surface area contributed by atoms with Gasteiger partial charge in [0.2, 0.25) is 0 Å². The van der Waals surface area contributed by atoms with E-state index in [1.54, 1.807) is 12.1 Å². The van der Waals surface area contributed by atoms with Crippen molar-refractivity contribution in [1.29, 1.82) is 0 Å². The highest BCUT2D eigenvalue weighted by Crippen LogP contribution is 2.13. The number of hydrogen-bond acceptors (Lipinski definition) is 3. The van der Waals surface area contributed by atoms with Crippen LogP contribution in [0.2, 0.25) is 0 Å². The molecule has 0 unspecified atom stereocenters. The number of aliphatic imine (C=N–C) groups is 1. The lowest BCUT2D eigenvalue weighted by Crippen LogP contribution is -2.32. The number of nitro groups is 1. The van der Waals surface area contributed by atoms with E-state index < -0.39 is 4.92 Å². The lowest BCUT2D eigenvalue weighted by molar-refractivity contribution is -0.384. The minimum absolute atomic E-state index is 0.0696. The van der Waals surface area contributed by atoms with Crippen LogP contribution in [0, 0.1) is 10.1 Å². The first-order valence-electron chi connectivity index (χ1n) is 5.90. The molecule has 98 valence electrons. The van der Waals surface area contributed by atoms with Gasteiger partial charge >= 0.3 is 0 Å². The highest BCUT2D eigenvalue weighted by molar-refractivity contribution is 5.77. The minimum atomic E-state index is -0.421. The SMILES string of the molecule is CCCCNC(N)=NCc1cccc([N+](=O)[O-])c1. The summed E-state index contributed by atoms with van der Waals surface area (Å²) in [7, 11) is 0. The van der Waals surface area contributed by atoms with Crippen molar-refractivity contribution in [3.05, 3.63) is 39.9 Å². The van der Waals surface area contributed by atoms with Gasteiger partial charge in [0.05, 0.1) is 11.5 Å². The summed E-state index contributed by atoms with van der Waals surface area (Å²) >= 11 is 0. The van der Waals surface area contributed by atoms with Crippen molar-refractivity contribution in [2.45, 2.75) is 26.3 Å². The van der Waals surface area contributed by atoms with Crippen LogP contribution in [-0.4, -0.2) is 17.4 Å². The molecule has 0 aliphatic heterocycles. The number of nitrogens with two attached hydrogens (primary N) is 1. The van der Waals surface area contributed by atoms with Crippen molar-refractivity contribution < 1.29 is 4.92 Å². The largest absolute Gasteiger partial charge is 0.370 e. The zero-order valence-electron chi connectivity index (χ0n) is 10.4. The Bertz CT molecular complexity index is 432. The van der Waals surface area contributed by atoms with Crippen LogP contribution in [0.5, 0.6) is 0 Å². The van der Waals surface area contributed by atoms with Crippen LogP contribution in [0.4, 0.5) is 5.69 Å². The molecule has 0 saturated carbocycles. The highest BCUT2D eigenvalue weighted by Gasteiger charge is 2.04. The third-order valence-electron chi connectivity index (χ3n) is 2.39. The Morgan fingerprint density at radius 3 is 3.00 bits per heavy atom. The number of non-ortho nitro benzene ring substituents is 1. The van der Waals surface area contributed by atoms with E-state index in [9.17, 15) is 10.1 Å². The molecule has 0 radical (unpaired) electrons. The van der Waals surface area contributed by atoms with Gasteiger partial charge in [0.25, 0.3) is 5.69 Å². The lowest BCUT2D eigenvalue weighted by Gasteiger charge is -2.04. The van der Waals surface area contributed by atoms with E-state index in [-0.39, 0.29) is 5.69 Å². The zero-order chi connectivity index (χ0) is 13.4. The Labute approximate surface area is 106 Å². The first-order valence-corrected chi connectivity index (χ1v) is 5.90. The second-order valence-electron chi connectivity index (χ2n) is 3.91. The average Bonchev–Trinajstić information content (AvgIpc) is 2.37. The summed E-state index contributed by atoms with van der Waals surface area (Å²) in [5.74, 6) is 0.370. The van der Waals surface area contributed by atoms with Gasteiger partial charge in [-0.15, -0.1) is 0 Å². The molecule has 0 aliphatic carbocycles. The Hall–Kier alpha value is -2.11. The van der Waals surface area contributed by atoms with Gasteiger partial charge in [-0.25, -0.2) is 4.99 Å². The number of nitro benzene ring substituents is 1. The highest BCUT2D eigenvalue weighted by atomic mass is 16.6. The van der Waals surface area contributed by atoms with Crippen LogP contribution < -0.4 is 11.1 Å². The van der Waals surface area contributed by atoms with Crippen molar-refractivity contribution in [3.8, 4) is 0 Å². The molecule has 0 spiro atoms. The molecule has 0 aromatic heterocycles. The number of unbranched alkanes of at least 4 members (excludes halogenated alkanes) is 1. The van der Waals surface area contributed by atoms with E-state index in [0.717, 1.165) is 24.9 Å². The second-order valence-corrected chi connectivity index (χ2v) is 3.91. The van der Waals surface area contributed by atoms with Crippen LogP contribution in [0.25, 0.3) is 0 Å². The maximum atomic E-state index is 10.6. The fraction of sp³-hybridized carbons (Fsp3) is 0.417. The molecule has 0 amide bonds. The predicted octanol–water partition coefficient (Wildman–Crippen LogP) is 1.80. The predicted molar refractivity (Wildman–Crippen MR) is 71.3 cm³/mol. The summed E-state index contributed by atoms with van der Waals surface area (Å²) in [4.78, 5) is 14.3. The average molecular weight is 250 g/mol. The van der Waals surface area contributed by atoms with Gasteiger partial charge in [0.1, 0.15) is 0 Å². The summed E-state index contributed by atoms with van der Waals surface area (Å²) in [5, 5.41) is 13.6.